The Labute approximate surface area is 107 Å². The Morgan fingerprint density at radius 1 is 1.35 bits per heavy atom. The van der Waals surface area contributed by atoms with Gasteiger partial charge in [0.25, 0.3) is 0 Å². The Bertz CT molecular complexity index is 377. The van der Waals surface area contributed by atoms with Crippen LogP contribution in [-0.2, 0) is 9.59 Å². The largest absolute Gasteiger partial charge is 0.291 e. The van der Waals surface area contributed by atoms with Crippen LogP contribution < -0.4 is 0 Å². The van der Waals surface area contributed by atoms with E-state index in [9.17, 15) is 9.59 Å². The average Bonchev–Trinajstić information content (AvgIpc) is 2.29. The molecule has 1 rings (SSSR count). The first kappa shape index (κ1) is 13.8. The molecule has 17 heavy (non-hydrogen) atoms. The number of carbonyl (C=O) groups is 2. The van der Waals surface area contributed by atoms with E-state index in [4.69, 9.17) is 12.2 Å². The molecule has 0 spiro atoms. The SMILES string of the molecule is C=CCCCN1C(=O)C(C)(C)C(=O)N(C)C1=S. The van der Waals surface area contributed by atoms with E-state index < -0.39 is 5.41 Å². The van der Waals surface area contributed by atoms with Crippen LogP contribution in [0.5, 0.6) is 0 Å². The lowest BCUT2D eigenvalue weighted by atomic mass is 9.88. The number of carbonyl (C=O) groups excluding carboxylic acids is 2. The lowest BCUT2D eigenvalue weighted by Gasteiger charge is -2.41. The lowest BCUT2D eigenvalue weighted by molar-refractivity contribution is -0.153. The van der Waals surface area contributed by atoms with Gasteiger partial charge in [-0.15, -0.1) is 6.58 Å². The lowest BCUT2D eigenvalue weighted by Crippen LogP contribution is -2.62. The van der Waals surface area contributed by atoms with Crippen LogP contribution in [0.2, 0.25) is 0 Å². The standard InChI is InChI=1S/C12H18N2O2S/c1-5-6-7-8-14-10(16)12(2,3)9(15)13(4)11(14)17/h5H,1,6-8H2,2-4H3. The van der Waals surface area contributed by atoms with E-state index in [0.717, 1.165) is 12.8 Å². The van der Waals surface area contributed by atoms with Gasteiger partial charge in [-0.3, -0.25) is 19.4 Å². The van der Waals surface area contributed by atoms with Gasteiger partial charge in [0, 0.05) is 13.6 Å². The maximum absolute atomic E-state index is 12.2. The topological polar surface area (TPSA) is 40.6 Å². The molecule has 1 fully saturated rings. The number of thiocarbonyl (C=S) groups is 1. The third-order valence-corrected chi connectivity index (χ3v) is 3.42. The molecule has 0 saturated carbocycles. The van der Waals surface area contributed by atoms with Crippen LogP contribution in [0.3, 0.4) is 0 Å². The van der Waals surface area contributed by atoms with Crippen molar-refractivity contribution in [2.24, 2.45) is 5.41 Å². The normalized spacial score (nSPS) is 19.8. The third-order valence-electron chi connectivity index (χ3n) is 2.93. The molecule has 0 aromatic heterocycles. The summed E-state index contributed by atoms with van der Waals surface area (Å²) in [4.78, 5) is 27.0. The van der Waals surface area contributed by atoms with E-state index >= 15 is 0 Å². The average molecular weight is 254 g/mol. The van der Waals surface area contributed by atoms with Crippen molar-refractivity contribution in [1.29, 1.82) is 0 Å². The summed E-state index contributed by atoms with van der Waals surface area (Å²) in [6.07, 6.45) is 3.43. The van der Waals surface area contributed by atoms with E-state index in [1.807, 2.05) is 0 Å². The fraction of sp³-hybridized carbons (Fsp3) is 0.583. The minimum absolute atomic E-state index is 0.213. The molecule has 0 unspecified atom stereocenters. The molecule has 0 radical (unpaired) electrons. The highest BCUT2D eigenvalue weighted by Crippen LogP contribution is 2.28. The van der Waals surface area contributed by atoms with Crippen LogP contribution in [0.4, 0.5) is 0 Å². The van der Waals surface area contributed by atoms with Crippen LogP contribution in [0, 0.1) is 5.41 Å². The number of rotatable bonds is 4. The van der Waals surface area contributed by atoms with Crippen LogP contribution in [0.15, 0.2) is 12.7 Å². The second kappa shape index (κ2) is 4.96. The zero-order chi connectivity index (χ0) is 13.2. The summed E-state index contributed by atoms with van der Waals surface area (Å²) in [5.41, 5.74) is -1.02. The zero-order valence-corrected chi connectivity index (χ0v) is 11.3. The summed E-state index contributed by atoms with van der Waals surface area (Å²) in [6, 6.07) is 0. The number of hydrogen-bond donors (Lipinski definition) is 0. The van der Waals surface area contributed by atoms with Gasteiger partial charge in [-0.25, -0.2) is 0 Å². The highest BCUT2D eigenvalue weighted by molar-refractivity contribution is 7.80. The van der Waals surface area contributed by atoms with Crippen molar-refractivity contribution in [3.63, 3.8) is 0 Å². The number of hydrogen-bond acceptors (Lipinski definition) is 3. The molecule has 94 valence electrons. The Morgan fingerprint density at radius 3 is 2.47 bits per heavy atom. The molecule has 1 aliphatic rings. The van der Waals surface area contributed by atoms with E-state index in [2.05, 4.69) is 6.58 Å². The molecule has 0 aromatic carbocycles. The van der Waals surface area contributed by atoms with Gasteiger partial charge in [-0.2, -0.15) is 0 Å². The van der Waals surface area contributed by atoms with Gasteiger partial charge in [-0.1, -0.05) is 6.08 Å². The molecule has 2 amide bonds. The molecule has 0 aromatic rings. The predicted molar refractivity (Wildman–Crippen MR) is 70.3 cm³/mol. The van der Waals surface area contributed by atoms with E-state index in [1.54, 1.807) is 27.0 Å². The monoisotopic (exact) mass is 254 g/mol. The van der Waals surface area contributed by atoms with Crippen molar-refractivity contribution in [2.75, 3.05) is 13.6 Å². The Hall–Kier alpha value is -1.23. The van der Waals surface area contributed by atoms with Crippen molar-refractivity contribution in [3.8, 4) is 0 Å². The summed E-state index contributed by atoms with van der Waals surface area (Å²) in [7, 11) is 1.61. The molecule has 0 bridgehead atoms. The summed E-state index contributed by atoms with van der Waals surface area (Å²) < 4.78 is 0. The molecule has 4 nitrogen and oxygen atoms in total. The molecule has 1 heterocycles. The molecule has 0 N–H and O–H groups in total. The van der Waals surface area contributed by atoms with Gasteiger partial charge in [0.2, 0.25) is 11.8 Å². The highest BCUT2D eigenvalue weighted by Gasteiger charge is 2.48. The van der Waals surface area contributed by atoms with Gasteiger partial charge in [-0.05, 0) is 38.9 Å². The van der Waals surface area contributed by atoms with Crippen molar-refractivity contribution in [2.45, 2.75) is 26.7 Å². The summed E-state index contributed by atoms with van der Waals surface area (Å²) in [6.45, 7) is 7.44. The Kier molecular flexibility index (Phi) is 4.03. The maximum Gasteiger partial charge on any atom is 0.243 e. The van der Waals surface area contributed by atoms with Crippen LogP contribution in [0.25, 0.3) is 0 Å². The number of nitrogens with zero attached hydrogens (tertiary/aromatic N) is 2. The van der Waals surface area contributed by atoms with Gasteiger partial charge in [0.15, 0.2) is 5.11 Å². The number of allylic oxidation sites excluding steroid dienone is 1. The highest BCUT2D eigenvalue weighted by atomic mass is 32.1. The van der Waals surface area contributed by atoms with Crippen molar-refractivity contribution >= 4 is 29.1 Å². The molecular formula is C12H18N2O2S. The molecular weight excluding hydrogens is 236 g/mol. The van der Waals surface area contributed by atoms with Gasteiger partial charge >= 0.3 is 0 Å². The maximum atomic E-state index is 12.2. The Morgan fingerprint density at radius 2 is 1.94 bits per heavy atom. The van der Waals surface area contributed by atoms with Crippen molar-refractivity contribution in [3.05, 3.63) is 12.7 Å². The molecule has 5 heteroatoms. The van der Waals surface area contributed by atoms with Crippen LogP contribution in [-0.4, -0.2) is 40.3 Å². The first-order chi connectivity index (χ1) is 7.84. The Balaban J connectivity index is 2.89. The van der Waals surface area contributed by atoms with E-state index in [-0.39, 0.29) is 11.8 Å². The predicted octanol–water partition coefficient (Wildman–Crippen LogP) is 1.56. The fourth-order valence-corrected chi connectivity index (χ4v) is 2.05. The quantitative estimate of drug-likeness (QED) is 0.331. The molecule has 1 aliphatic heterocycles. The fourth-order valence-electron chi connectivity index (χ4n) is 1.79. The zero-order valence-electron chi connectivity index (χ0n) is 10.5. The molecule has 0 aliphatic carbocycles. The number of unbranched alkanes of at least 4 members (excludes halogenated alkanes) is 1. The number of amides is 2. The van der Waals surface area contributed by atoms with E-state index in [0.29, 0.717) is 11.7 Å². The smallest absolute Gasteiger partial charge is 0.243 e. The van der Waals surface area contributed by atoms with Gasteiger partial charge in [0.05, 0.1) is 0 Å². The summed E-state index contributed by atoms with van der Waals surface area (Å²) in [5.74, 6) is -0.456. The van der Waals surface area contributed by atoms with Crippen LogP contribution >= 0.6 is 12.2 Å². The summed E-state index contributed by atoms with van der Waals surface area (Å²) in [5, 5.41) is 0.295. The summed E-state index contributed by atoms with van der Waals surface area (Å²) >= 11 is 5.14. The minimum Gasteiger partial charge on any atom is -0.291 e. The van der Waals surface area contributed by atoms with Gasteiger partial charge < -0.3 is 0 Å². The second-order valence-corrected chi connectivity index (χ2v) is 5.02. The van der Waals surface area contributed by atoms with Crippen LogP contribution in [0.1, 0.15) is 26.7 Å². The first-order valence-electron chi connectivity index (χ1n) is 5.59. The first-order valence-corrected chi connectivity index (χ1v) is 5.99. The minimum atomic E-state index is -1.02. The third kappa shape index (κ3) is 2.39. The molecule has 1 saturated heterocycles. The van der Waals surface area contributed by atoms with Gasteiger partial charge in [0.1, 0.15) is 5.41 Å². The molecule has 0 atom stereocenters. The van der Waals surface area contributed by atoms with E-state index in [1.165, 1.54) is 9.80 Å². The second-order valence-electron chi connectivity index (χ2n) is 4.66. The van der Waals surface area contributed by atoms with Crippen molar-refractivity contribution in [1.82, 2.24) is 9.80 Å². The van der Waals surface area contributed by atoms with Crippen molar-refractivity contribution < 1.29 is 9.59 Å².